The Kier molecular flexibility index (Phi) is 8.74. The highest BCUT2D eigenvalue weighted by molar-refractivity contribution is 7.97. The number of carbonyl (C=O) groups excluding carboxylic acids is 2. The van der Waals surface area contributed by atoms with Gasteiger partial charge in [0.2, 0.25) is 7.26 Å². The van der Waals surface area contributed by atoms with Crippen molar-refractivity contribution >= 4 is 34.9 Å². The second-order valence-corrected chi connectivity index (χ2v) is 21.4. The molecule has 8 atom stereocenters. The van der Waals surface area contributed by atoms with E-state index in [9.17, 15) is 9.59 Å². The monoisotopic (exact) mass is 712 g/mol. The van der Waals surface area contributed by atoms with Crippen LogP contribution in [-0.4, -0.2) is 23.6 Å². The van der Waals surface area contributed by atoms with E-state index in [-0.39, 0.29) is 28.7 Å². The number of allylic oxidation sites excluding steroid dienone is 2. The molecule has 4 nitrogen and oxygen atoms in total. The molecule has 5 saturated carbocycles. The molecule has 0 bridgehead atoms. The number of rotatable bonds is 8. The summed E-state index contributed by atoms with van der Waals surface area (Å²) in [5, 5.41) is 3.24. The van der Waals surface area contributed by atoms with Gasteiger partial charge in [-0.1, -0.05) is 86.5 Å². The Morgan fingerprint density at radius 2 is 1.35 bits per heavy atom. The van der Waals surface area contributed by atoms with Crippen LogP contribution in [0.25, 0.3) is 4.85 Å². The standard InChI is InChI=1S/C47H55NO3P/c1-32(30-40(50)43(48-6)52(34-16-10-7-11-17-34,35-18-12-8-13-19-35)36-20-14-9-15-21-36)37-22-23-38-39-24-25-41-44(3,4)42(51-33(2)49)26-27-47(41)31-46(39,47)29-28-45(37,38)5/h7-21,38-39,41-43H,22-31H2,1-5H3/q+1/t38-,39-,41-,42-,43?,45+,46-,47?/m0/s1. The highest BCUT2D eigenvalue weighted by atomic mass is 31.2. The molecule has 0 radical (unpaired) electrons. The highest BCUT2D eigenvalue weighted by Crippen LogP contribution is 2.87. The third-order valence-electron chi connectivity index (χ3n) is 15.5. The number of Topliss-reactive ketones (excluding diaryl/α,β-unsaturated/α-hetero) is 1. The van der Waals surface area contributed by atoms with Crippen molar-refractivity contribution < 1.29 is 14.3 Å². The van der Waals surface area contributed by atoms with Crippen molar-refractivity contribution in [2.75, 3.05) is 0 Å². The largest absolute Gasteiger partial charge is 0.462 e. The van der Waals surface area contributed by atoms with Gasteiger partial charge in [-0.15, -0.1) is 0 Å². The zero-order valence-corrected chi connectivity index (χ0v) is 32.6. The first-order valence-corrected chi connectivity index (χ1v) is 21.6. The third kappa shape index (κ3) is 5.01. The van der Waals surface area contributed by atoms with Crippen LogP contribution in [0.15, 0.2) is 102 Å². The van der Waals surface area contributed by atoms with Crippen LogP contribution in [0.3, 0.4) is 0 Å². The van der Waals surface area contributed by atoms with Crippen LogP contribution in [0, 0.1) is 46.0 Å². The van der Waals surface area contributed by atoms with Crippen LogP contribution in [0.5, 0.6) is 0 Å². The maximum atomic E-state index is 14.9. The number of hydrogen-bond acceptors (Lipinski definition) is 3. The Morgan fingerprint density at radius 1 is 0.769 bits per heavy atom. The minimum Gasteiger partial charge on any atom is -0.462 e. The summed E-state index contributed by atoms with van der Waals surface area (Å²) < 4.78 is 5.94. The lowest BCUT2D eigenvalue weighted by atomic mass is 9.46. The van der Waals surface area contributed by atoms with Gasteiger partial charge in [0.15, 0.2) is 0 Å². The molecule has 2 spiro atoms. The van der Waals surface area contributed by atoms with Gasteiger partial charge in [0.1, 0.15) is 22.0 Å². The quantitative estimate of drug-likeness (QED) is 0.101. The Bertz CT molecular complexity index is 1830. The van der Waals surface area contributed by atoms with Gasteiger partial charge in [0.25, 0.3) is 5.78 Å². The number of ether oxygens (including phenoxy) is 1. The lowest BCUT2D eigenvalue weighted by Crippen LogP contribution is -2.54. The summed E-state index contributed by atoms with van der Waals surface area (Å²) in [5.74, 6) is 1.10. The lowest BCUT2D eigenvalue weighted by molar-refractivity contribution is -0.172. The van der Waals surface area contributed by atoms with Crippen LogP contribution in [0.4, 0.5) is 0 Å². The minimum atomic E-state index is -2.67. The van der Waals surface area contributed by atoms with Gasteiger partial charge >= 0.3 is 11.8 Å². The van der Waals surface area contributed by atoms with Gasteiger partial charge in [-0.2, -0.15) is 0 Å². The van der Waals surface area contributed by atoms with Crippen molar-refractivity contribution in [2.24, 2.45) is 39.4 Å². The summed E-state index contributed by atoms with van der Waals surface area (Å²) in [6, 6.07) is 31.2. The van der Waals surface area contributed by atoms with E-state index >= 15 is 0 Å². The predicted molar refractivity (Wildman–Crippen MR) is 212 cm³/mol. The molecule has 5 aliphatic rings. The first-order valence-electron chi connectivity index (χ1n) is 19.8. The van der Waals surface area contributed by atoms with Gasteiger partial charge < -0.3 is 4.74 Å². The number of ketones is 1. The smallest absolute Gasteiger partial charge is 0.388 e. The van der Waals surface area contributed by atoms with E-state index < -0.39 is 13.0 Å². The number of hydrogen-bond donors (Lipinski definition) is 0. The molecule has 8 rings (SSSR count). The van der Waals surface area contributed by atoms with Crippen molar-refractivity contribution in [1.29, 1.82) is 0 Å². The molecule has 5 heteroatoms. The topological polar surface area (TPSA) is 47.7 Å². The first kappa shape index (κ1) is 35.5. The number of esters is 1. The average Bonchev–Trinajstić information content (AvgIpc) is 3.68. The van der Waals surface area contributed by atoms with E-state index in [1.54, 1.807) is 6.92 Å². The lowest BCUT2D eigenvalue weighted by Gasteiger charge is -2.59. The molecular formula is C47H55NO3P+. The number of benzene rings is 3. The Balaban J connectivity index is 1.10. The Morgan fingerprint density at radius 3 is 1.88 bits per heavy atom. The number of carbonyl (C=O) groups is 2. The predicted octanol–water partition coefficient (Wildman–Crippen LogP) is 9.87. The van der Waals surface area contributed by atoms with Crippen molar-refractivity contribution in [1.82, 2.24) is 0 Å². The molecule has 3 aromatic rings. The fourth-order valence-electron chi connectivity index (χ4n) is 13.5. The molecule has 52 heavy (non-hydrogen) atoms. The zero-order chi connectivity index (χ0) is 36.5. The third-order valence-corrected chi connectivity index (χ3v) is 20.0. The molecule has 270 valence electrons. The van der Waals surface area contributed by atoms with Crippen molar-refractivity contribution in [2.45, 2.75) is 111 Å². The number of fused-ring (bicyclic) bond motifs is 2. The van der Waals surface area contributed by atoms with Crippen LogP contribution < -0.4 is 15.9 Å². The van der Waals surface area contributed by atoms with Crippen LogP contribution in [0.1, 0.15) is 98.8 Å². The highest BCUT2D eigenvalue weighted by Gasteiger charge is 2.80. The summed E-state index contributed by atoms with van der Waals surface area (Å²) in [6.45, 7) is 19.8. The molecule has 5 fully saturated rings. The summed E-state index contributed by atoms with van der Waals surface area (Å²) >= 11 is 0. The SMILES string of the molecule is [C-]#[N+]C(C(=O)CC(C)=C1CC[C@H]2[C@@H]3CC[C@H]4C(C)(C)[C@@H](OC(C)=O)CCC45C[C@@]35CC[C@]12C)[P+](c1ccccc1)(c1ccccc1)c1ccccc1. The summed E-state index contributed by atoms with van der Waals surface area (Å²) in [4.78, 5) is 31.3. The van der Waals surface area contributed by atoms with Crippen molar-refractivity contribution in [3.8, 4) is 0 Å². The van der Waals surface area contributed by atoms with E-state index in [2.05, 4.69) is 68.9 Å². The van der Waals surface area contributed by atoms with E-state index in [1.807, 2.05) is 54.6 Å². The zero-order valence-electron chi connectivity index (χ0n) is 31.7. The van der Waals surface area contributed by atoms with Crippen molar-refractivity contribution in [3.05, 3.63) is 114 Å². The molecular weight excluding hydrogens is 657 g/mol. The fraction of sp³-hybridized carbons (Fsp3) is 0.511. The molecule has 0 heterocycles. The second-order valence-electron chi connectivity index (χ2n) is 17.9. The fourth-order valence-corrected chi connectivity index (χ4v) is 17.8. The van der Waals surface area contributed by atoms with Crippen LogP contribution in [0.2, 0.25) is 0 Å². The summed E-state index contributed by atoms with van der Waals surface area (Å²) in [6.07, 6.45) is 11.2. The van der Waals surface area contributed by atoms with E-state index in [4.69, 9.17) is 11.3 Å². The van der Waals surface area contributed by atoms with Crippen molar-refractivity contribution in [3.63, 3.8) is 0 Å². The molecule has 0 N–H and O–H groups in total. The maximum absolute atomic E-state index is 14.9. The number of nitrogens with zero attached hydrogens (tertiary/aromatic N) is 1. The summed E-state index contributed by atoms with van der Waals surface area (Å²) in [7, 11) is -2.67. The van der Waals surface area contributed by atoms with Crippen LogP contribution >= 0.6 is 7.26 Å². The van der Waals surface area contributed by atoms with Gasteiger partial charge in [-0.3, -0.25) is 14.4 Å². The van der Waals surface area contributed by atoms with Gasteiger partial charge in [0.05, 0.1) is 0 Å². The van der Waals surface area contributed by atoms with E-state index in [1.165, 1.54) is 56.1 Å². The van der Waals surface area contributed by atoms with Crippen LogP contribution in [-0.2, 0) is 14.3 Å². The molecule has 0 saturated heterocycles. The molecule has 0 aromatic heterocycles. The Labute approximate surface area is 312 Å². The average molecular weight is 713 g/mol. The molecule has 0 amide bonds. The van der Waals surface area contributed by atoms with E-state index in [0.717, 1.165) is 34.7 Å². The minimum absolute atomic E-state index is 0.00734. The Hall–Kier alpha value is -3.54. The van der Waals surface area contributed by atoms with E-state index in [0.29, 0.717) is 29.1 Å². The maximum Gasteiger partial charge on any atom is 0.388 e. The second kappa shape index (κ2) is 12.8. The van der Waals surface area contributed by atoms with Gasteiger partial charge in [0, 0.05) is 18.8 Å². The van der Waals surface area contributed by atoms with Gasteiger partial charge in [-0.05, 0) is 135 Å². The molecule has 5 aliphatic carbocycles. The summed E-state index contributed by atoms with van der Waals surface area (Å²) in [5.41, 5.74) is 3.68. The molecule has 2 unspecified atom stereocenters. The normalized spacial score (nSPS) is 34.3. The molecule has 3 aromatic carbocycles. The molecule has 0 aliphatic heterocycles. The van der Waals surface area contributed by atoms with Gasteiger partial charge in [-0.25, -0.2) is 6.57 Å². The first-order chi connectivity index (χ1) is 25.0.